The van der Waals surface area contributed by atoms with Crippen molar-refractivity contribution in [2.45, 2.75) is 5.75 Å². The zero-order valence-electron chi connectivity index (χ0n) is 7.28. The fourth-order valence-corrected chi connectivity index (χ4v) is 3.81. The summed E-state index contributed by atoms with van der Waals surface area (Å²) in [6, 6.07) is 5.16. The van der Waals surface area contributed by atoms with Gasteiger partial charge in [-0.3, -0.25) is 0 Å². The molecule has 15 heavy (non-hydrogen) atoms. The topological polar surface area (TPSA) is 47.0 Å². The highest BCUT2D eigenvalue weighted by atomic mass is 35.7. The highest BCUT2D eigenvalue weighted by Gasteiger charge is 2.11. The van der Waals surface area contributed by atoms with E-state index in [1.165, 1.54) is 11.3 Å². The van der Waals surface area contributed by atoms with Crippen LogP contribution < -0.4 is 0 Å². The first-order chi connectivity index (χ1) is 6.94. The van der Waals surface area contributed by atoms with Crippen LogP contribution >= 0.6 is 33.6 Å². The third-order valence-corrected chi connectivity index (χ3v) is 4.17. The molecule has 0 saturated heterocycles. The second-order valence-corrected chi connectivity index (χ2v) is 7.25. The van der Waals surface area contributed by atoms with Crippen LogP contribution in [0.4, 0.5) is 0 Å². The third-order valence-electron chi connectivity index (χ3n) is 1.71. The minimum atomic E-state index is -3.51. The predicted molar refractivity (Wildman–Crippen MR) is 63.1 cm³/mol. The van der Waals surface area contributed by atoms with Gasteiger partial charge in [0.2, 0.25) is 9.05 Å². The van der Waals surface area contributed by atoms with Crippen LogP contribution in [0.2, 0.25) is 5.15 Å². The summed E-state index contributed by atoms with van der Waals surface area (Å²) in [4.78, 5) is 4.73. The number of halogens is 2. The lowest BCUT2D eigenvalue weighted by Crippen LogP contribution is -1.91. The Morgan fingerprint density at radius 2 is 2.13 bits per heavy atom. The maximum atomic E-state index is 10.9. The smallest absolute Gasteiger partial charge is 0.235 e. The summed E-state index contributed by atoms with van der Waals surface area (Å²) >= 11 is 7.06. The van der Waals surface area contributed by atoms with Gasteiger partial charge in [0.1, 0.15) is 5.15 Å². The van der Waals surface area contributed by atoms with Crippen LogP contribution in [0.3, 0.4) is 0 Å². The van der Waals surface area contributed by atoms with Crippen molar-refractivity contribution in [3.8, 4) is 0 Å². The molecular formula is C8H5Cl2NO2S2. The molecule has 3 nitrogen and oxygen atoms in total. The van der Waals surface area contributed by atoms with E-state index in [4.69, 9.17) is 22.3 Å². The number of pyridine rings is 1. The number of nitrogens with zero attached hydrogens (tertiary/aromatic N) is 1. The van der Waals surface area contributed by atoms with Gasteiger partial charge in [-0.2, -0.15) is 0 Å². The molecule has 0 bridgehead atoms. The minimum Gasteiger partial charge on any atom is -0.235 e. The number of hydrogen-bond acceptors (Lipinski definition) is 4. The van der Waals surface area contributed by atoms with Gasteiger partial charge in [0.05, 0.1) is 16.0 Å². The van der Waals surface area contributed by atoms with E-state index in [-0.39, 0.29) is 5.75 Å². The summed E-state index contributed by atoms with van der Waals surface area (Å²) in [7, 11) is 1.65. The van der Waals surface area contributed by atoms with E-state index in [9.17, 15) is 8.42 Å². The molecular weight excluding hydrogens is 277 g/mol. The van der Waals surface area contributed by atoms with E-state index in [2.05, 4.69) is 4.98 Å². The lowest BCUT2D eigenvalue weighted by atomic mass is 10.4. The molecule has 0 amide bonds. The van der Waals surface area contributed by atoms with Crippen LogP contribution in [-0.4, -0.2) is 13.4 Å². The van der Waals surface area contributed by atoms with Crippen molar-refractivity contribution >= 4 is 52.9 Å². The normalized spacial score (nSPS) is 12.1. The third kappa shape index (κ3) is 2.81. The van der Waals surface area contributed by atoms with Gasteiger partial charge in [0, 0.05) is 15.6 Å². The first-order valence-corrected chi connectivity index (χ1v) is 7.59. The van der Waals surface area contributed by atoms with E-state index in [0.717, 1.165) is 4.70 Å². The molecule has 0 N–H and O–H groups in total. The molecule has 7 heteroatoms. The van der Waals surface area contributed by atoms with Gasteiger partial charge in [-0.1, -0.05) is 11.6 Å². The Bertz CT molecular complexity index is 606. The number of aromatic nitrogens is 1. The molecule has 2 rings (SSSR count). The van der Waals surface area contributed by atoms with Crippen molar-refractivity contribution in [2.24, 2.45) is 0 Å². The fourth-order valence-electron chi connectivity index (χ4n) is 1.19. The molecule has 0 aliphatic rings. The largest absolute Gasteiger partial charge is 0.237 e. The summed E-state index contributed by atoms with van der Waals surface area (Å²) in [5, 5.41) is 0.389. The Kier molecular flexibility index (Phi) is 2.89. The van der Waals surface area contributed by atoms with Crippen molar-refractivity contribution in [2.75, 3.05) is 0 Å². The monoisotopic (exact) mass is 281 g/mol. The Labute approximate surface area is 100 Å². The molecule has 2 heterocycles. The molecule has 0 radical (unpaired) electrons. The zero-order valence-corrected chi connectivity index (χ0v) is 10.4. The van der Waals surface area contributed by atoms with Crippen molar-refractivity contribution in [3.05, 3.63) is 28.2 Å². The minimum absolute atomic E-state index is 0.173. The molecule has 0 saturated carbocycles. The average Bonchev–Trinajstić information content (AvgIpc) is 2.42. The summed E-state index contributed by atoms with van der Waals surface area (Å²) < 4.78 is 22.6. The highest BCUT2D eigenvalue weighted by Crippen LogP contribution is 2.27. The van der Waals surface area contributed by atoms with E-state index >= 15 is 0 Å². The molecule has 0 aliphatic heterocycles. The Balaban J connectivity index is 2.48. The van der Waals surface area contributed by atoms with Gasteiger partial charge in [0.15, 0.2) is 0 Å². The van der Waals surface area contributed by atoms with Crippen LogP contribution in [-0.2, 0) is 14.8 Å². The number of thiophene rings is 1. The average molecular weight is 282 g/mol. The molecule has 2 aromatic heterocycles. The SMILES string of the molecule is O=S(=O)(Cl)Cc1cc2nc(Cl)ccc2s1. The molecule has 0 unspecified atom stereocenters. The van der Waals surface area contributed by atoms with Crippen LogP contribution in [0, 0.1) is 0 Å². The van der Waals surface area contributed by atoms with Crippen molar-refractivity contribution in [1.29, 1.82) is 0 Å². The number of hydrogen-bond donors (Lipinski definition) is 0. The van der Waals surface area contributed by atoms with Crippen LogP contribution in [0.25, 0.3) is 10.2 Å². The number of fused-ring (bicyclic) bond motifs is 1. The summed E-state index contributed by atoms with van der Waals surface area (Å²) in [5.74, 6) is -0.173. The molecule has 80 valence electrons. The second kappa shape index (κ2) is 3.90. The van der Waals surface area contributed by atoms with Crippen molar-refractivity contribution < 1.29 is 8.42 Å². The second-order valence-electron chi connectivity index (χ2n) is 2.91. The van der Waals surface area contributed by atoms with Crippen molar-refractivity contribution in [3.63, 3.8) is 0 Å². The van der Waals surface area contributed by atoms with E-state index in [1.807, 2.05) is 0 Å². The summed E-state index contributed by atoms with van der Waals surface area (Å²) in [6.45, 7) is 0. The fraction of sp³-hybridized carbons (Fsp3) is 0.125. The van der Waals surface area contributed by atoms with Gasteiger partial charge in [-0.25, -0.2) is 13.4 Å². The Hall–Kier alpha value is -0.360. The van der Waals surface area contributed by atoms with Gasteiger partial charge in [-0.05, 0) is 18.2 Å². The maximum absolute atomic E-state index is 10.9. The number of rotatable bonds is 2. The van der Waals surface area contributed by atoms with Crippen LogP contribution in [0.5, 0.6) is 0 Å². The predicted octanol–water partition coefficient (Wildman–Crippen LogP) is 3.02. The summed E-state index contributed by atoms with van der Waals surface area (Å²) in [5.41, 5.74) is 0.697. The molecule has 0 spiro atoms. The molecule has 0 aliphatic carbocycles. The van der Waals surface area contributed by atoms with Crippen LogP contribution in [0.15, 0.2) is 18.2 Å². The standard InChI is InChI=1S/C8H5Cl2NO2S2/c9-8-2-1-7-6(11-8)3-5(14-7)4-15(10,12)13/h1-3H,4H2. The van der Waals surface area contributed by atoms with Gasteiger partial charge in [0.25, 0.3) is 0 Å². The molecule has 0 fully saturated rings. The summed E-state index contributed by atoms with van der Waals surface area (Å²) in [6.07, 6.45) is 0. The first-order valence-electron chi connectivity index (χ1n) is 3.91. The van der Waals surface area contributed by atoms with Gasteiger partial charge < -0.3 is 0 Å². The molecule has 0 aromatic carbocycles. The van der Waals surface area contributed by atoms with E-state index < -0.39 is 9.05 Å². The van der Waals surface area contributed by atoms with Gasteiger partial charge in [-0.15, -0.1) is 11.3 Å². The lowest BCUT2D eigenvalue weighted by Gasteiger charge is -1.88. The lowest BCUT2D eigenvalue weighted by molar-refractivity contribution is 0.609. The molecule has 0 atom stereocenters. The maximum Gasteiger partial charge on any atom is 0.237 e. The first kappa shape index (κ1) is 11.1. The quantitative estimate of drug-likeness (QED) is 0.628. The zero-order chi connectivity index (χ0) is 11.1. The van der Waals surface area contributed by atoms with E-state index in [0.29, 0.717) is 15.5 Å². The van der Waals surface area contributed by atoms with E-state index in [1.54, 1.807) is 18.2 Å². The Morgan fingerprint density at radius 3 is 2.80 bits per heavy atom. The van der Waals surface area contributed by atoms with Crippen LogP contribution in [0.1, 0.15) is 4.88 Å². The van der Waals surface area contributed by atoms with Gasteiger partial charge >= 0.3 is 0 Å². The molecule has 2 aromatic rings. The van der Waals surface area contributed by atoms with Crippen molar-refractivity contribution in [1.82, 2.24) is 4.98 Å². The highest BCUT2D eigenvalue weighted by molar-refractivity contribution is 8.13. The Morgan fingerprint density at radius 1 is 1.40 bits per heavy atom.